The number of hydrogen-bond donors (Lipinski definition) is 0. The van der Waals surface area contributed by atoms with Gasteiger partial charge in [0.1, 0.15) is 11.6 Å². The Morgan fingerprint density at radius 1 is 0.868 bits per heavy atom. The molecule has 0 spiro atoms. The van der Waals surface area contributed by atoms with Crippen LogP contribution in [0.3, 0.4) is 0 Å². The molecular formula is C30H30F6O2. The normalized spacial score (nSPS) is 17.6. The third-order valence-electron chi connectivity index (χ3n) is 7.23. The maximum atomic E-state index is 15.8. The van der Waals surface area contributed by atoms with Gasteiger partial charge in [-0.15, -0.1) is 0 Å². The Balaban J connectivity index is 1.65. The van der Waals surface area contributed by atoms with Gasteiger partial charge in [0.15, 0.2) is 29.0 Å². The van der Waals surface area contributed by atoms with Gasteiger partial charge in [-0.2, -0.15) is 8.78 Å². The maximum Gasteiger partial charge on any atom is 0.387 e. The summed E-state index contributed by atoms with van der Waals surface area (Å²) in [6, 6.07) is 9.06. The first-order chi connectivity index (χ1) is 18.2. The monoisotopic (exact) mass is 536 g/mol. The van der Waals surface area contributed by atoms with Crippen LogP contribution in [-0.4, -0.2) is 6.61 Å². The van der Waals surface area contributed by atoms with Crippen molar-refractivity contribution >= 4 is 0 Å². The molecule has 0 bridgehead atoms. The molecule has 3 aromatic carbocycles. The van der Waals surface area contributed by atoms with Gasteiger partial charge in [0.25, 0.3) is 0 Å². The molecule has 0 atom stereocenters. The van der Waals surface area contributed by atoms with E-state index in [0.717, 1.165) is 44.2 Å². The minimum absolute atomic E-state index is 0.00242. The first kappa shape index (κ1) is 27.9. The molecule has 0 amide bonds. The largest absolute Gasteiger partial charge is 0.453 e. The molecule has 1 aliphatic carbocycles. The number of aryl methyl sites for hydroxylation is 1. The second kappa shape index (κ2) is 12.1. The Bertz CT molecular complexity index is 1240. The molecular weight excluding hydrogens is 506 g/mol. The second-order valence-electron chi connectivity index (χ2n) is 9.84. The second-order valence-corrected chi connectivity index (χ2v) is 9.84. The molecule has 1 aliphatic rings. The lowest BCUT2D eigenvalue weighted by molar-refractivity contribution is -0.0546. The first-order valence-corrected chi connectivity index (χ1v) is 12.9. The highest BCUT2D eigenvalue weighted by Gasteiger charge is 2.29. The van der Waals surface area contributed by atoms with Gasteiger partial charge in [-0.05, 0) is 79.8 Å². The summed E-state index contributed by atoms with van der Waals surface area (Å²) in [4.78, 5) is 0. The number of para-hydroxylation sites is 1. The van der Waals surface area contributed by atoms with E-state index in [1.807, 2.05) is 0 Å². The van der Waals surface area contributed by atoms with Crippen molar-refractivity contribution in [2.45, 2.75) is 71.3 Å². The molecule has 3 aromatic rings. The zero-order valence-electron chi connectivity index (χ0n) is 21.3. The fourth-order valence-corrected chi connectivity index (χ4v) is 5.29. The fraction of sp³-hybridized carbons (Fsp3) is 0.400. The smallest absolute Gasteiger partial charge is 0.387 e. The molecule has 0 unspecified atom stereocenters. The molecule has 1 saturated carbocycles. The van der Waals surface area contributed by atoms with Gasteiger partial charge in [-0.1, -0.05) is 44.4 Å². The number of alkyl halides is 2. The molecule has 0 heterocycles. The summed E-state index contributed by atoms with van der Waals surface area (Å²) in [6.07, 6.45) is 6.60. The van der Waals surface area contributed by atoms with Crippen molar-refractivity contribution in [1.29, 1.82) is 0 Å². The summed E-state index contributed by atoms with van der Waals surface area (Å²) in [7, 11) is 0. The van der Waals surface area contributed by atoms with Gasteiger partial charge in [0.05, 0.1) is 0 Å². The van der Waals surface area contributed by atoms with E-state index in [-0.39, 0.29) is 39.7 Å². The van der Waals surface area contributed by atoms with E-state index in [0.29, 0.717) is 18.8 Å². The Hall–Kier alpha value is -3.16. The number of halogens is 6. The topological polar surface area (TPSA) is 18.5 Å². The van der Waals surface area contributed by atoms with Crippen LogP contribution in [0.1, 0.15) is 68.9 Å². The summed E-state index contributed by atoms with van der Waals surface area (Å²) in [5.41, 5.74) is 0.397. The van der Waals surface area contributed by atoms with Crippen LogP contribution in [0.25, 0.3) is 11.1 Å². The highest BCUT2D eigenvalue weighted by Crippen LogP contribution is 2.44. The van der Waals surface area contributed by atoms with Gasteiger partial charge in [0, 0.05) is 11.1 Å². The zero-order chi connectivity index (χ0) is 27.4. The van der Waals surface area contributed by atoms with E-state index in [1.54, 1.807) is 12.1 Å². The standard InChI is InChI=1S/C30H30F6O2/c1-3-4-7-18-10-12-19(13-11-18)26-22(31)14-17(2)28(27(26)34)37-25-9-6-5-8-21(25)20-15-23(32)29(24(33)16-20)38-30(35)36/h5-6,8-9,14-16,18-19,30H,3-4,7,10-13H2,1-2H3/t18-,19-. The average molecular weight is 537 g/mol. The number of hydrogen-bond acceptors (Lipinski definition) is 2. The predicted molar refractivity (Wildman–Crippen MR) is 134 cm³/mol. The van der Waals surface area contributed by atoms with E-state index < -0.39 is 35.6 Å². The van der Waals surface area contributed by atoms with Crippen molar-refractivity contribution in [2.75, 3.05) is 0 Å². The highest BCUT2D eigenvalue weighted by atomic mass is 19.3. The van der Waals surface area contributed by atoms with Crippen LogP contribution in [0.4, 0.5) is 26.3 Å². The van der Waals surface area contributed by atoms with Crippen LogP contribution in [-0.2, 0) is 0 Å². The molecule has 4 rings (SSSR count). The quantitative estimate of drug-likeness (QED) is 0.253. The van der Waals surface area contributed by atoms with E-state index >= 15 is 8.78 Å². The molecule has 0 aliphatic heterocycles. The van der Waals surface area contributed by atoms with Crippen molar-refractivity contribution in [3.8, 4) is 28.4 Å². The van der Waals surface area contributed by atoms with Crippen molar-refractivity contribution < 1.29 is 35.8 Å². The zero-order valence-corrected chi connectivity index (χ0v) is 21.3. The fourth-order valence-electron chi connectivity index (χ4n) is 5.29. The molecule has 1 fully saturated rings. The van der Waals surface area contributed by atoms with Crippen molar-refractivity contribution in [2.24, 2.45) is 5.92 Å². The minimum atomic E-state index is -3.40. The molecule has 0 saturated heterocycles. The van der Waals surface area contributed by atoms with Crippen LogP contribution in [0.2, 0.25) is 0 Å². The van der Waals surface area contributed by atoms with E-state index in [2.05, 4.69) is 11.7 Å². The third-order valence-corrected chi connectivity index (χ3v) is 7.23. The molecule has 8 heteroatoms. The lowest BCUT2D eigenvalue weighted by atomic mass is 9.76. The van der Waals surface area contributed by atoms with Gasteiger partial charge >= 0.3 is 6.61 Å². The summed E-state index contributed by atoms with van der Waals surface area (Å²) in [5.74, 6) is -5.04. The highest BCUT2D eigenvalue weighted by molar-refractivity contribution is 5.72. The predicted octanol–water partition coefficient (Wildman–Crippen LogP) is 10.1. The van der Waals surface area contributed by atoms with E-state index in [9.17, 15) is 17.6 Å². The molecule has 0 radical (unpaired) electrons. The van der Waals surface area contributed by atoms with Gasteiger partial charge in [-0.3, -0.25) is 0 Å². The minimum Gasteiger partial charge on any atom is -0.453 e. The van der Waals surface area contributed by atoms with Crippen LogP contribution in [0.5, 0.6) is 17.2 Å². The van der Waals surface area contributed by atoms with E-state index in [1.165, 1.54) is 25.1 Å². The summed E-state index contributed by atoms with van der Waals surface area (Å²) < 4.78 is 94.5. The number of benzene rings is 3. The maximum absolute atomic E-state index is 15.8. The third kappa shape index (κ3) is 6.11. The summed E-state index contributed by atoms with van der Waals surface area (Å²) in [6.45, 7) is 0.267. The Kier molecular flexibility index (Phi) is 8.90. The molecule has 0 N–H and O–H groups in total. The van der Waals surface area contributed by atoms with Crippen molar-refractivity contribution in [1.82, 2.24) is 0 Å². The van der Waals surface area contributed by atoms with Crippen molar-refractivity contribution in [3.63, 3.8) is 0 Å². The lowest BCUT2D eigenvalue weighted by Crippen LogP contribution is -2.16. The molecule has 0 aromatic heterocycles. The van der Waals surface area contributed by atoms with Crippen LogP contribution >= 0.6 is 0 Å². The SMILES string of the molecule is CCCC[C@H]1CC[C@H](c2c(F)cc(C)c(Oc3ccccc3-c3cc(F)c(OC(F)F)c(F)c3)c2F)CC1. The van der Waals surface area contributed by atoms with Crippen LogP contribution < -0.4 is 9.47 Å². The number of rotatable bonds is 9. The molecule has 38 heavy (non-hydrogen) atoms. The van der Waals surface area contributed by atoms with Crippen LogP contribution in [0, 0.1) is 36.1 Å². The molecule has 2 nitrogen and oxygen atoms in total. The van der Waals surface area contributed by atoms with Gasteiger partial charge in [0.2, 0.25) is 0 Å². The first-order valence-electron chi connectivity index (χ1n) is 12.9. The number of unbranched alkanes of at least 4 members (excludes halogenated alkanes) is 1. The Labute approximate surface area is 218 Å². The Morgan fingerprint density at radius 2 is 1.53 bits per heavy atom. The summed E-state index contributed by atoms with van der Waals surface area (Å²) >= 11 is 0. The average Bonchev–Trinajstić information content (AvgIpc) is 2.88. The number of ether oxygens (including phenoxy) is 2. The van der Waals surface area contributed by atoms with Crippen molar-refractivity contribution in [3.05, 3.63) is 76.9 Å². The van der Waals surface area contributed by atoms with Gasteiger partial charge < -0.3 is 9.47 Å². The summed E-state index contributed by atoms with van der Waals surface area (Å²) in [5, 5.41) is 0. The Morgan fingerprint density at radius 3 is 2.16 bits per heavy atom. The molecule has 204 valence electrons. The van der Waals surface area contributed by atoms with E-state index in [4.69, 9.17) is 4.74 Å². The lowest BCUT2D eigenvalue weighted by Gasteiger charge is -2.29. The van der Waals surface area contributed by atoms with Gasteiger partial charge in [-0.25, -0.2) is 17.6 Å². The van der Waals surface area contributed by atoms with Crippen LogP contribution in [0.15, 0.2) is 42.5 Å².